The van der Waals surface area contributed by atoms with Crippen molar-refractivity contribution in [2.45, 2.75) is 58.5 Å². The van der Waals surface area contributed by atoms with Gasteiger partial charge in [-0.3, -0.25) is 0 Å². The van der Waals surface area contributed by atoms with Crippen LogP contribution in [0.2, 0.25) is 0 Å². The Labute approximate surface area is 100 Å². The first-order chi connectivity index (χ1) is 7.66. The van der Waals surface area contributed by atoms with Gasteiger partial charge in [-0.25, -0.2) is 0 Å². The SMILES string of the molecule is CC1(C)CCC(OCCNCC2CC2)CC1. The van der Waals surface area contributed by atoms with Gasteiger partial charge in [0.2, 0.25) is 0 Å². The predicted molar refractivity (Wildman–Crippen MR) is 67.6 cm³/mol. The molecule has 1 N–H and O–H groups in total. The summed E-state index contributed by atoms with van der Waals surface area (Å²) >= 11 is 0. The second-order valence-electron chi connectivity index (χ2n) is 6.38. The van der Waals surface area contributed by atoms with E-state index in [0.717, 1.165) is 19.1 Å². The molecule has 2 saturated carbocycles. The van der Waals surface area contributed by atoms with Crippen LogP contribution < -0.4 is 5.32 Å². The van der Waals surface area contributed by atoms with Gasteiger partial charge in [0.15, 0.2) is 0 Å². The maximum atomic E-state index is 5.92. The van der Waals surface area contributed by atoms with E-state index in [0.29, 0.717) is 11.5 Å². The van der Waals surface area contributed by atoms with E-state index in [2.05, 4.69) is 19.2 Å². The van der Waals surface area contributed by atoms with Gasteiger partial charge in [0.1, 0.15) is 0 Å². The standard InChI is InChI=1S/C14H27NO/c1-14(2)7-5-13(6-8-14)16-10-9-15-11-12-3-4-12/h12-13,15H,3-11H2,1-2H3. The average molecular weight is 225 g/mol. The first kappa shape index (κ1) is 12.4. The molecule has 0 atom stereocenters. The number of hydrogen-bond acceptors (Lipinski definition) is 2. The maximum Gasteiger partial charge on any atom is 0.0594 e. The molecule has 2 fully saturated rings. The lowest BCUT2D eigenvalue weighted by atomic mass is 9.76. The minimum atomic E-state index is 0.538. The zero-order valence-corrected chi connectivity index (χ0v) is 10.9. The Balaban J connectivity index is 1.46. The van der Waals surface area contributed by atoms with E-state index in [-0.39, 0.29) is 0 Å². The Kier molecular flexibility index (Phi) is 4.26. The molecular weight excluding hydrogens is 198 g/mol. The minimum absolute atomic E-state index is 0.538. The topological polar surface area (TPSA) is 21.3 Å². The van der Waals surface area contributed by atoms with Gasteiger partial charge in [-0.15, -0.1) is 0 Å². The fraction of sp³-hybridized carbons (Fsp3) is 1.00. The van der Waals surface area contributed by atoms with Crippen LogP contribution in [0.15, 0.2) is 0 Å². The molecule has 0 radical (unpaired) electrons. The van der Waals surface area contributed by atoms with Gasteiger partial charge in [-0.1, -0.05) is 13.8 Å². The molecule has 2 heteroatoms. The fourth-order valence-corrected chi connectivity index (χ4v) is 2.47. The Morgan fingerprint density at radius 2 is 1.81 bits per heavy atom. The third-order valence-electron chi connectivity index (χ3n) is 4.05. The van der Waals surface area contributed by atoms with E-state index in [1.807, 2.05) is 0 Å². The zero-order chi connectivity index (χ0) is 11.4. The van der Waals surface area contributed by atoms with Gasteiger partial charge >= 0.3 is 0 Å². The van der Waals surface area contributed by atoms with Gasteiger partial charge in [0.25, 0.3) is 0 Å². The Hall–Kier alpha value is -0.0800. The van der Waals surface area contributed by atoms with Crippen LogP contribution in [0.3, 0.4) is 0 Å². The molecule has 0 amide bonds. The Morgan fingerprint density at radius 1 is 1.12 bits per heavy atom. The molecule has 0 aliphatic heterocycles. The monoisotopic (exact) mass is 225 g/mol. The van der Waals surface area contributed by atoms with Crippen molar-refractivity contribution in [1.82, 2.24) is 5.32 Å². The van der Waals surface area contributed by atoms with Gasteiger partial charge in [-0.2, -0.15) is 0 Å². The number of hydrogen-bond donors (Lipinski definition) is 1. The molecule has 0 aromatic heterocycles. The Morgan fingerprint density at radius 3 is 2.44 bits per heavy atom. The molecule has 0 heterocycles. The Bertz CT molecular complexity index is 201. The third kappa shape index (κ3) is 4.42. The second-order valence-corrected chi connectivity index (χ2v) is 6.38. The molecule has 0 aromatic carbocycles. The molecule has 94 valence electrons. The predicted octanol–water partition coefficient (Wildman–Crippen LogP) is 2.97. The molecule has 16 heavy (non-hydrogen) atoms. The van der Waals surface area contributed by atoms with Gasteiger partial charge in [-0.05, 0) is 56.4 Å². The molecule has 0 spiro atoms. The summed E-state index contributed by atoms with van der Waals surface area (Å²) < 4.78 is 5.92. The first-order valence-electron chi connectivity index (χ1n) is 6.98. The largest absolute Gasteiger partial charge is 0.377 e. The molecule has 2 rings (SSSR count). The fourth-order valence-electron chi connectivity index (χ4n) is 2.47. The summed E-state index contributed by atoms with van der Waals surface area (Å²) in [7, 11) is 0. The van der Waals surface area contributed by atoms with Crippen molar-refractivity contribution in [1.29, 1.82) is 0 Å². The molecule has 0 saturated heterocycles. The minimum Gasteiger partial charge on any atom is -0.377 e. The van der Waals surface area contributed by atoms with Crippen LogP contribution in [0.5, 0.6) is 0 Å². The summed E-state index contributed by atoms with van der Waals surface area (Å²) in [6, 6.07) is 0. The van der Waals surface area contributed by atoms with Crippen molar-refractivity contribution >= 4 is 0 Å². The highest BCUT2D eigenvalue weighted by Crippen LogP contribution is 2.36. The van der Waals surface area contributed by atoms with E-state index in [1.54, 1.807) is 0 Å². The summed E-state index contributed by atoms with van der Waals surface area (Å²) in [4.78, 5) is 0. The van der Waals surface area contributed by atoms with Crippen LogP contribution in [0.4, 0.5) is 0 Å². The van der Waals surface area contributed by atoms with Crippen molar-refractivity contribution in [2.75, 3.05) is 19.7 Å². The van der Waals surface area contributed by atoms with Crippen LogP contribution in [0.1, 0.15) is 52.4 Å². The van der Waals surface area contributed by atoms with Crippen molar-refractivity contribution < 1.29 is 4.74 Å². The van der Waals surface area contributed by atoms with E-state index >= 15 is 0 Å². The summed E-state index contributed by atoms with van der Waals surface area (Å²) in [6.45, 7) is 7.90. The average Bonchev–Trinajstić information content (AvgIpc) is 3.04. The first-order valence-corrected chi connectivity index (χ1v) is 6.98. The molecule has 2 aliphatic rings. The highest BCUT2D eigenvalue weighted by molar-refractivity contribution is 4.79. The third-order valence-corrected chi connectivity index (χ3v) is 4.05. The van der Waals surface area contributed by atoms with Crippen LogP contribution in [0.25, 0.3) is 0 Å². The summed E-state index contributed by atoms with van der Waals surface area (Å²) in [5, 5.41) is 3.48. The number of nitrogens with one attached hydrogen (secondary N) is 1. The van der Waals surface area contributed by atoms with E-state index in [4.69, 9.17) is 4.74 Å². The number of rotatable bonds is 6. The second kappa shape index (κ2) is 5.50. The molecule has 0 unspecified atom stereocenters. The van der Waals surface area contributed by atoms with E-state index in [9.17, 15) is 0 Å². The van der Waals surface area contributed by atoms with Gasteiger partial charge in [0.05, 0.1) is 12.7 Å². The molecule has 0 bridgehead atoms. The summed E-state index contributed by atoms with van der Waals surface area (Å²) in [6.07, 6.45) is 8.58. The highest BCUT2D eigenvalue weighted by Gasteiger charge is 2.27. The molecule has 0 aromatic rings. The van der Waals surface area contributed by atoms with E-state index in [1.165, 1.54) is 45.1 Å². The molecular formula is C14H27NO. The number of ether oxygens (including phenoxy) is 1. The maximum absolute atomic E-state index is 5.92. The van der Waals surface area contributed by atoms with Crippen LogP contribution in [-0.4, -0.2) is 25.8 Å². The van der Waals surface area contributed by atoms with E-state index < -0.39 is 0 Å². The lowest BCUT2D eigenvalue weighted by Gasteiger charge is -2.34. The molecule has 2 nitrogen and oxygen atoms in total. The van der Waals surface area contributed by atoms with Crippen LogP contribution >= 0.6 is 0 Å². The van der Waals surface area contributed by atoms with Gasteiger partial charge in [0, 0.05) is 6.54 Å². The van der Waals surface area contributed by atoms with Crippen molar-refractivity contribution in [3.8, 4) is 0 Å². The lowest BCUT2D eigenvalue weighted by Crippen LogP contribution is -2.29. The van der Waals surface area contributed by atoms with Crippen LogP contribution in [-0.2, 0) is 4.74 Å². The normalized spacial score (nSPS) is 25.9. The summed E-state index contributed by atoms with van der Waals surface area (Å²) in [5.41, 5.74) is 0.560. The molecule has 2 aliphatic carbocycles. The van der Waals surface area contributed by atoms with Crippen molar-refractivity contribution in [2.24, 2.45) is 11.3 Å². The zero-order valence-electron chi connectivity index (χ0n) is 10.9. The highest BCUT2D eigenvalue weighted by atomic mass is 16.5. The van der Waals surface area contributed by atoms with Crippen molar-refractivity contribution in [3.63, 3.8) is 0 Å². The smallest absolute Gasteiger partial charge is 0.0594 e. The van der Waals surface area contributed by atoms with Gasteiger partial charge < -0.3 is 10.1 Å². The lowest BCUT2D eigenvalue weighted by molar-refractivity contribution is 0.00600. The quantitative estimate of drug-likeness (QED) is 0.702. The van der Waals surface area contributed by atoms with Crippen LogP contribution in [0, 0.1) is 11.3 Å². The summed E-state index contributed by atoms with van der Waals surface area (Å²) in [5.74, 6) is 0.982. The van der Waals surface area contributed by atoms with Crippen molar-refractivity contribution in [3.05, 3.63) is 0 Å².